The molecule has 2 amide bonds. The van der Waals surface area contributed by atoms with Crippen LogP contribution in [0.25, 0.3) is 0 Å². The van der Waals surface area contributed by atoms with E-state index in [0.717, 1.165) is 18.4 Å². The molecule has 6 atom stereocenters. The molecule has 1 aromatic rings. The van der Waals surface area contributed by atoms with E-state index < -0.39 is 41.6 Å². The summed E-state index contributed by atoms with van der Waals surface area (Å²) < 4.78 is 11.8. The molecule has 2 unspecified atom stereocenters. The van der Waals surface area contributed by atoms with Gasteiger partial charge in [0.1, 0.15) is 18.2 Å². The molecular formula is C29H38N2O6. The molecule has 0 aromatic heterocycles. The van der Waals surface area contributed by atoms with E-state index in [2.05, 4.69) is 20.1 Å². The normalized spacial score (nSPS) is 28.6. The van der Waals surface area contributed by atoms with Crippen molar-refractivity contribution in [3.05, 3.63) is 61.2 Å². The number of hydrogen-bond donors (Lipinski definition) is 1. The zero-order chi connectivity index (χ0) is 26.6. The van der Waals surface area contributed by atoms with Crippen LogP contribution >= 0.6 is 0 Å². The molecule has 37 heavy (non-hydrogen) atoms. The van der Waals surface area contributed by atoms with Crippen molar-refractivity contribution in [1.29, 1.82) is 0 Å². The number of unbranched alkanes of at least 4 members (excludes halogenated alkanes) is 1. The standard InChI is InChI=1S/C29H38N2O6/c1-4-7-16-30(15-5-2)27(34)25-29-14-13-22(37-29)23(28(35)36-17-6-3)24(29)26(33)31(25)21(19-32)18-20-11-9-8-10-12-20/h5-6,8-12,21-25,32H,2-4,7,13-19H2,1H3/t21-,22+,23-,24+,25?,29?/m1/s1. The van der Waals surface area contributed by atoms with Gasteiger partial charge < -0.3 is 24.4 Å². The first kappa shape index (κ1) is 27.1. The van der Waals surface area contributed by atoms with Crippen LogP contribution in [0, 0.1) is 11.8 Å². The van der Waals surface area contributed by atoms with E-state index in [1.807, 2.05) is 30.3 Å². The number of aliphatic hydroxyl groups is 1. The van der Waals surface area contributed by atoms with Crippen molar-refractivity contribution >= 4 is 17.8 Å². The van der Waals surface area contributed by atoms with Crippen molar-refractivity contribution in [3.8, 4) is 0 Å². The molecule has 4 rings (SSSR count). The number of fused-ring (bicyclic) bond motifs is 1. The first-order valence-electron chi connectivity index (χ1n) is 13.2. The number of ether oxygens (including phenoxy) is 2. The van der Waals surface area contributed by atoms with Gasteiger partial charge in [0.25, 0.3) is 0 Å². The number of hydrogen-bond acceptors (Lipinski definition) is 6. The summed E-state index contributed by atoms with van der Waals surface area (Å²) in [6.45, 7) is 10.1. The number of amides is 2. The number of esters is 1. The predicted octanol–water partition coefficient (Wildman–Crippen LogP) is 2.51. The van der Waals surface area contributed by atoms with Gasteiger partial charge in [-0.3, -0.25) is 14.4 Å². The fourth-order valence-corrected chi connectivity index (χ4v) is 6.38. The Balaban J connectivity index is 1.75. The van der Waals surface area contributed by atoms with Crippen LogP contribution in [-0.2, 0) is 30.3 Å². The van der Waals surface area contributed by atoms with Crippen molar-refractivity contribution in [2.24, 2.45) is 11.8 Å². The summed E-state index contributed by atoms with van der Waals surface area (Å²) in [6.07, 6.45) is 5.84. The van der Waals surface area contributed by atoms with E-state index in [1.165, 1.54) is 11.0 Å². The maximum atomic E-state index is 14.2. The van der Waals surface area contributed by atoms with Crippen molar-refractivity contribution < 1.29 is 29.0 Å². The molecule has 3 aliphatic heterocycles. The van der Waals surface area contributed by atoms with Gasteiger partial charge in [0, 0.05) is 13.1 Å². The van der Waals surface area contributed by atoms with Crippen LogP contribution in [0.15, 0.2) is 55.6 Å². The summed E-state index contributed by atoms with van der Waals surface area (Å²) in [5, 5.41) is 10.5. The van der Waals surface area contributed by atoms with Gasteiger partial charge in [0.15, 0.2) is 0 Å². The highest BCUT2D eigenvalue weighted by Crippen LogP contribution is 2.59. The highest BCUT2D eigenvalue weighted by atomic mass is 16.6. The summed E-state index contributed by atoms with van der Waals surface area (Å²) >= 11 is 0. The Morgan fingerprint density at radius 2 is 2.05 bits per heavy atom. The average molecular weight is 511 g/mol. The summed E-state index contributed by atoms with van der Waals surface area (Å²) in [5.41, 5.74) is -0.192. The van der Waals surface area contributed by atoms with Crippen LogP contribution in [0.3, 0.4) is 0 Å². The van der Waals surface area contributed by atoms with Crippen molar-refractivity contribution in [2.75, 3.05) is 26.3 Å². The summed E-state index contributed by atoms with van der Waals surface area (Å²) in [5.74, 6) is -2.68. The summed E-state index contributed by atoms with van der Waals surface area (Å²) in [4.78, 5) is 44.7. The summed E-state index contributed by atoms with van der Waals surface area (Å²) in [7, 11) is 0. The van der Waals surface area contributed by atoms with E-state index in [4.69, 9.17) is 9.47 Å². The maximum Gasteiger partial charge on any atom is 0.312 e. The third kappa shape index (κ3) is 4.84. The second kappa shape index (κ2) is 11.6. The van der Waals surface area contributed by atoms with Crippen LogP contribution < -0.4 is 0 Å². The first-order valence-corrected chi connectivity index (χ1v) is 13.2. The Labute approximate surface area is 218 Å². The SMILES string of the molecule is C=CCOC(=O)[C@@H]1[C@@H]2CCC3(O2)C(C(=O)N(CC=C)CCCC)N([C@@H](CO)Cc2ccccc2)C(=O)[C@H]13. The molecule has 8 nitrogen and oxygen atoms in total. The lowest BCUT2D eigenvalue weighted by Gasteiger charge is -2.39. The molecule has 1 spiro atoms. The monoisotopic (exact) mass is 510 g/mol. The van der Waals surface area contributed by atoms with Gasteiger partial charge in [0.2, 0.25) is 11.8 Å². The van der Waals surface area contributed by atoms with Gasteiger partial charge in [-0.1, -0.05) is 62.4 Å². The van der Waals surface area contributed by atoms with Crippen LogP contribution in [0.1, 0.15) is 38.2 Å². The number of carbonyl (C=O) groups is 3. The van der Waals surface area contributed by atoms with E-state index >= 15 is 0 Å². The topological polar surface area (TPSA) is 96.4 Å². The van der Waals surface area contributed by atoms with E-state index in [9.17, 15) is 19.5 Å². The average Bonchev–Trinajstić information content (AvgIpc) is 3.56. The van der Waals surface area contributed by atoms with Crippen LogP contribution in [0.4, 0.5) is 0 Å². The Hall–Kier alpha value is -2.97. The Bertz CT molecular complexity index is 1010. The molecule has 3 fully saturated rings. The third-order valence-electron chi connectivity index (χ3n) is 7.95. The first-order chi connectivity index (χ1) is 17.9. The molecule has 0 saturated carbocycles. The number of rotatable bonds is 13. The molecular weight excluding hydrogens is 472 g/mol. The smallest absolute Gasteiger partial charge is 0.312 e. The Kier molecular flexibility index (Phi) is 8.49. The van der Waals surface area contributed by atoms with Gasteiger partial charge in [-0.25, -0.2) is 0 Å². The Morgan fingerprint density at radius 1 is 1.30 bits per heavy atom. The highest BCUT2D eigenvalue weighted by Gasteiger charge is 2.75. The van der Waals surface area contributed by atoms with E-state index in [1.54, 1.807) is 11.0 Å². The minimum atomic E-state index is -1.13. The largest absolute Gasteiger partial charge is 0.461 e. The molecule has 3 saturated heterocycles. The molecule has 1 aromatic carbocycles. The van der Waals surface area contributed by atoms with Crippen molar-refractivity contribution in [3.63, 3.8) is 0 Å². The number of benzene rings is 1. The molecule has 0 radical (unpaired) electrons. The molecule has 2 bridgehead atoms. The fourth-order valence-electron chi connectivity index (χ4n) is 6.38. The molecule has 3 heterocycles. The second-order valence-electron chi connectivity index (χ2n) is 10.2. The highest BCUT2D eigenvalue weighted by molar-refractivity contribution is 5.98. The lowest BCUT2D eigenvalue weighted by Crippen LogP contribution is -2.59. The number of nitrogens with zero attached hydrogens (tertiary/aromatic N) is 2. The lowest BCUT2D eigenvalue weighted by molar-refractivity contribution is -0.155. The van der Waals surface area contributed by atoms with Crippen LogP contribution in [-0.4, -0.2) is 82.8 Å². The Morgan fingerprint density at radius 3 is 2.70 bits per heavy atom. The van der Waals surface area contributed by atoms with Gasteiger partial charge in [-0.05, 0) is 31.2 Å². The van der Waals surface area contributed by atoms with Crippen molar-refractivity contribution in [2.45, 2.75) is 62.8 Å². The third-order valence-corrected chi connectivity index (χ3v) is 7.95. The number of likely N-dealkylation sites (tertiary alicyclic amines) is 1. The molecule has 8 heteroatoms. The molecule has 1 N–H and O–H groups in total. The van der Waals surface area contributed by atoms with E-state index in [-0.39, 0.29) is 25.0 Å². The fraction of sp³-hybridized carbons (Fsp3) is 0.552. The van der Waals surface area contributed by atoms with Gasteiger partial charge >= 0.3 is 5.97 Å². The second-order valence-corrected chi connectivity index (χ2v) is 10.2. The van der Waals surface area contributed by atoms with E-state index in [0.29, 0.717) is 32.4 Å². The summed E-state index contributed by atoms with van der Waals surface area (Å²) in [6, 6.07) is 7.99. The minimum absolute atomic E-state index is 0.0411. The predicted molar refractivity (Wildman–Crippen MR) is 138 cm³/mol. The quantitative estimate of drug-likeness (QED) is 0.324. The van der Waals surface area contributed by atoms with Gasteiger partial charge in [0.05, 0.1) is 30.6 Å². The van der Waals surface area contributed by atoms with Gasteiger partial charge in [-0.15, -0.1) is 6.58 Å². The zero-order valence-corrected chi connectivity index (χ0v) is 21.6. The lowest BCUT2D eigenvalue weighted by atomic mass is 9.70. The van der Waals surface area contributed by atoms with Gasteiger partial charge in [-0.2, -0.15) is 0 Å². The molecule has 200 valence electrons. The molecule has 0 aliphatic carbocycles. The van der Waals surface area contributed by atoms with Crippen LogP contribution in [0.5, 0.6) is 0 Å². The number of carbonyl (C=O) groups excluding carboxylic acids is 3. The minimum Gasteiger partial charge on any atom is -0.461 e. The van der Waals surface area contributed by atoms with Crippen molar-refractivity contribution in [1.82, 2.24) is 9.80 Å². The zero-order valence-electron chi connectivity index (χ0n) is 21.6. The maximum absolute atomic E-state index is 14.2. The number of aliphatic hydroxyl groups excluding tert-OH is 1. The molecule has 3 aliphatic rings. The van der Waals surface area contributed by atoms with Crippen LogP contribution in [0.2, 0.25) is 0 Å².